The largest absolute Gasteiger partial charge is 0.478 e. The van der Waals surface area contributed by atoms with E-state index < -0.39 is 0 Å². The molecule has 0 atom stereocenters. The van der Waals surface area contributed by atoms with E-state index in [4.69, 9.17) is 4.74 Å². The molecule has 1 fully saturated rings. The third-order valence-corrected chi connectivity index (χ3v) is 6.12. The topological polar surface area (TPSA) is 76.4 Å². The Labute approximate surface area is 191 Å². The van der Waals surface area contributed by atoms with Crippen molar-refractivity contribution < 1.29 is 9.53 Å². The molecule has 0 bridgehead atoms. The highest BCUT2D eigenvalue weighted by atomic mass is 16.5. The molecular weight excluding hydrogens is 416 g/mol. The first kappa shape index (κ1) is 19.7. The molecule has 2 aliphatic rings. The maximum absolute atomic E-state index is 13.9. The third kappa shape index (κ3) is 3.47. The Morgan fingerprint density at radius 1 is 1.09 bits per heavy atom. The highest BCUT2D eigenvalue weighted by Crippen LogP contribution is 2.41. The van der Waals surface area contributed by atoms with Gasteiger partial charge in [-0.05, 0) is 56.2 Å². The average Bonchev–Trinajstić information content (AvgIpc) is 3.60. The lowest BCUT2D eigenvalue weighted by atomic mass is 10.1. The van der Waals surface area contributed by atoms with Crippen LogP contribution in [0.15, 0.2) is 54.9 Å². The van der Waals surface area contributed by atoms with Gasteiger partial charge in [0.1, 0.15) is 5.82 Å². The lowest BCUT2D eigenvalue weighted by Gasteiger charge is -2.36. The summed E-state index contributed by atoms with van der Waals surface area (Å²) in [5, 5.41) is 5.43. The number of carbonyl (C=O) groups excluding carboxylic acids is 1. The fourth-order valence-electron chi connectivity index (χ4n) is 4.34. The van der Waals surface area contributed by atoms with Crippen LogP contribution in [0, 0.1) is 0 Å². The lowest BCUT2D eigenvalue weighted by Crippen LogP contribution is -2.45. The van der Waals surface area contributed by atoms with E-state index in [1.54, 1.807) is 20.7 Å². The van der Waals surface area contributed by atoms with Crippen molar-refractivity contribution in [2.24, 2.45) is 7.05 Å². The molecule has 1 aliphatic heterocycles. The molecule has 8 nitrogen and oxygen atoms in total. The molecule has 0 N–H and O–H groups in total. The van der Waals surface area contributed by atoms with Crippen LogP contribution in [0.3, 0.4) is 0 Å². The van der Waals surface area contributed by atoms with Gasteiger partial charge in [0.15, 0.2) is 0 Å². The SMILES string of the molecule is CCOc1ccc2c(n1)N(c1ccc(C3CC3)nc1)C(=O)N(c1ccc3nn(C)cc3c1)C2. The highest BCUT2D eigenvalue weighted by Gasteiger charge is 2.35. The van der Waals surface area contributed by atoms with E-state index in [0.29, 0.717) is 36.5 Å². The summed E-state index contributed by atoms with van der Waals surface area (Å²) >= 11 is 0. The fraction of sp³-hybridized carbons (Fsp3) is 0.280. The molecule has 0 spiro atoms. The van der Waals surface area contributed by atoms with Crippen LogP contribution in [0.2, 0.25) is 0 Å². The molecule has 0 unspecified atom stereocenters. The maximum atomic E-state index is 13.9. The highest BCUT2D eigenvalue weighted by molar-refractivity contribution is 6.10. The van der Waals surface area contributed by atoms with E-state index in [-0.39, 0.29) is 6.03 Å². The molecule has 1 aromatic carbocycles. The van der Waals surface area contributed by atoms with E-state index in [9.17, 15) is 4.79 Å². The number of ether oxygens (including phenoxy) is 1. The maximum Gasteiger partial charge on any atom is 0.335 e. The van der Waals surface area contributed by atoms with Gasteiger partial charge in [-0.25, -0.2) is 9.69 Å². The van der Waals surface area contributed by atoms with Gasteiger partial charge in [0.05, 0.1) is 30.6 Å². The minimum absolute atomic E-state index is 0.173. The van der Waals surface area contributed by atoms with Crippen LogP contribution < -0.4 is 14.5 Å². The fourth-order valence-corrected chi connectivity index (χ4v) is 4.34. The van der Waals surface area contributed by atoms with Crippen molar-refractivity contribution in [2.75, 3.05) is 16.4 Å². The first-order valence-corrected chi connectivity index (χ1v) is 11.2. The van der Waals surface area contributed by atoms with Crippen molar-refractivity contribution in [3.8, 4) is 5.88 Å². The molecule has 4 aromatic rings. The zero-order valence-electron chi connectivity index (χ0n) is 18.6. The van der Waals surface area contributed by atoms with Crippen LogP contribution >= 0.6 is 0 Å². The van der Waals surface area contributed by atoms with Gasteiger partial charge in [0.2, 0.25) is 5.88 Å². The lowest BCUT2D eigenvalue weighted by molar-refractivity contribution is 0.252. The van der Waals surface area contributed by atoms with E-state index in [2.05, 4.69) is 15.1 Å². The average molecular weight is 441 g/mol. The second-order valence-electron chi connectivity index (χ2n) is 8.53. The predicted octanol–water partition coefficient (Wildman–Crippen LogP) is 4.92. The van der Waals surface area contributed by atoms with Gasteiger partial charge < -0.3 is 4.74 Å². The summed E-state index contributed by atoms with van der Waals surface area (Å²) in [5.41, 5.74) is 4.42. The minimum Gasteiger partial charge on any atom is -0.478 e. The number of pyridine rings is 2. The Morgan fingerprint density at radius 2 is 1.94 bits per heavy atom. The van der Waals surface area contributed by atoms with Crippen LogP contribution in [0.4, 0.5) is 22.0 Å². The summed E-state index contributed by atoms with van der Waals surface area (Å²) in [7, 11) is 1.89. The van der Waals surface area contributed by atoms with Crippen LogP contribution in [-0.4, -0.2) is 32.4 Å². The number of carbonyl (C=O) groups is 1. The van der Waals surface area contributed by atoms with Gasteiger partial charge in [-0.3, -0.25) is 14.6 Å². The van der Waals surface area contributed by atoms with Gasteiger partial charge >= 0.3 is 6.03 Å². The van der Waals surface area contributed by atoms with E-state index in [1.165, 1.54) is 12.8 Å². The third-order valence-electron chi connectivity index (χ3n) is 6.12. The van der Waals surface area contributed by atoms with Crippen molar-refractivity contribution >= 4 is 34.1 Å². The Hall–Kier alpha value is -3.94. The number of nitrogens with zero attached hydrogens (tertiary/aromatic N) is 6. The van der Waals surface area contributed by atoms with Gasteiger partial charge in [0.25, 0.3) is 0 Å². The molecular formula is C25H24N6O2. The number of hydrogen-bond acceptors (Lipinski definition) is 5. The number of aromatic nitrogens is 4. The molecule has 8 heteroatoms. The Bertz CT molecular complexity index is 1360. The van der Waals surface area contributed by atoms with Crippen LogP contribution in [-0.2, 0) is 13.6 Å². The van der Waals surface area contributed by atoms with E-state index in [0.717, 1.165) is 27.8 Å². The molecule has 2 amide bonds. The molecule has 4 heterocycles. The van der Waals surface area contributed by atoms with Gasteiger partial charge in [-0.15, -0.1) is 0 Å². The second-order valence-corrected chi connectivity index (χ2v) is 8.53. The van der Waals surface area contributed by atoms with Crippen molar-refractivity contribution in [3.05, 3.63) is 66.1 Å². The second kappa shape index (κ2) is 7.58. The number of aryl methyl sites for hydroxylation is 1. The molecule has 0 saturated heterocycles. The Balaban J connectivity index is 1.44. The molecule has 1 aliphatic carbocycles. The van der Waals surface area contributed by atoms with Gasteiger partial charge in [0, 0.05) is 47.6 Å². The summed E-state index contributed by atoms with van der Waals surface area (Å²) in [5.74, 6) is 1.64. The molecule has 6 rings (SSSR count). The Morgan fingerprint density at radius 3 is 2.70 bits per heavy atom. The van der Waals surface area contributed by atoms with E-state index >= 15 is 0 Å². The molecule has 166 valence electrons. The summed E-state index contributed by atoms with van der Waals surface area (Å²) < 4.78 is 7.40. The number of rotatable bonds is 5. The first-order chi connectivity index (χ1) is 16.1. The van der Waals surface area contributed by atoms with Crippen LogP contribution in [0.25, 0.3) is 10.9 Å². The van der Waals surface area contributed by atoms with Crippen LogP contribution in [0.5, 0.6) is 5.88 Å². The van der Waals surface area contributed by atoms with Crippen molar-refractivity contribution in [2.45, 2.75) is 32.2 Å². The number of benzene rings is 1. The summed E-state index contributed by atoms with van der Waals surface area (Å²) in [6.45, 7) is 2.85. The van der Waals surface area contributed by atoms with Crippen molar-refractivity contribution in [3.63, 3.8) is 0 Å². The summed E-state index contributed by atoms with van der Waals surface area (Å²) in [6.07, 6.45) is 6.09. The molecule has 3 aromatic heterocycles. The van der Waals surface area contributed by atoms with E-state index in [1.807, 2.05) is 62.6 Å². The number of amides is 2. The monoisotopic (exact) mass is 440 g/mol. The zero-order chi connectivity index (χ0) is 22.5. The molecule has 33 heavy (non-hydrogen) atoms. The molecule has 0 radical (unpaired) electrons. The quantitative estimate of drug-likeness (QED) is 0.440. The molecule has 1 saturated carbocycles. The predicted molar refractivity (Wildman–Crippen MR) is 126 cm³/mol. The minimum atomic E-state index is -0.173. The standard InChI is InChI=1S/C25H24N6O2/c1-3-33-23-11-6-17-15-30(19-7-10-22-18(12-19)14-29(2)28-22)25(32)31(24(17)27-23)20-8-9-21(26-13-20)16-4-5-16/h6-14,16H,3-5,15H2,1-2H3. The smallest absolute Gasteiger partial charge is 0.335 e. The zero-order valence-corrected chi connectivity index (χ0v) is 18.6. The number of hydrogen-bond donors (Lipinski definition) is 0. The van der Waals surface area contributed by atoms with Crippen LogP contribution in [0.1, 0.15) is 36.9 Å². The summed E-state index contributed by atoms with van der Waals surface area (Å²) in [4.78, 5) is 26.6. The Kier molecular flexibility index (Phi) is 4.53. The number of fused-ring (bicyclic) bond motifs is 2. The van der Waals surface area contributed by atoms with Gasteiger partial charge in [-0.2, -0.15) is 10.1 Å². The van der Waals surface area contributed by atoms with Gasteiger partial charge in [-0.1, -0.05) is 0 Å². The normalized spacial score (nSPS) is 15.8. The van der Waals surface area contributed by atoms with Crippen molar-refractivity contribution in [1.29, 1.82) is 0 Å². The first-order valence-electron chi connectivity index (χ1n) is 11.2. The summed E-state index contributed by atoms with van der Waals surface area (Å²) in [6, 6.07) is 13.5. The number of urea groups is 1. The van der Waals surface area contributed by atoms with Crippen molar-refractivity contribution in [1.82, 2.24) is 19.7 Å². The number of anilines is 3.